The van der Waals surface area contributed by atoms with Crippen LogP contribution in [-0.2, 0) is 4.79 Å². The number of amides is 1. The van der Waals surface area contributed by atoms with Crippen LogP contribution in [0.1, 0.15) is 19.4 Å². The number of thioether (sulfide) groups is 1. The summed E-state index contributed by atoms with van der Waals surface area (Å²) in [6.07, 6.45) is 1.84. The van der Waals surface area contributed by atoms with Gasteiger partial charge in [-0.2, -0.15) is 0 Å². The summed E-state index contributed by atoms with van der Waals surface area (Å²) >= 11 is 6.33. The zero-order chi connectivity index (χ0) is 17.1. The molecule has 124 valence electrons. The van der Waals surface area contributed by atoms with Gasteiger partial charge < -0.3 is 14.8 Å². The average Bonchev–Trinajstić information content (AvgIpc) is 2.88. The molecule has 1 aliphatic rings. The fraction of sp³-hybridized carbons (Fsp3) is 0.222. The predicted molar refractivity (Wildman–Crippen MR) is 103 cm³/mol. The first-order chi connectivity index (χ1) is 11.6. The molecule has 24 heavy (non-hydrogen) atoms. The summed E-state index contributed by atoms with van der Waals surface area (Å²) in [5.41, 5.74) is 0.859. The van der Waals surface area contributed by atoms with E-state index in [4.69, 9.17) is 21.7 Å². The molecule has 6 heteroatoms. The van der Waals surface area contributed by atoms with Crippen LogP contribution in [0, 0.1) is 0 Å². The van der Waals surface area contributed by atoms with Gasteiger partial charge in [-0.25, -0.2) is 0 Å². The first-order valence-corrected chi connectivity index (χ1v) is 8.92. The van der Waals surface area contributed by atoms with Crippen molar-refractivity contribution < 1.29 is 14.3 Å². The van der Waals surface area contributed by atoms with Crippen molar-refractivity contribution in [2.24, 2.45) is 0 Å². The van der Waals surface area contributed by atoms with Crippen LogP contribution in [0.3, 0.4) is 0 Å². The fourth-order valence-corrected chi connectivity index (χ4v) is 3.57. The molecular formula is C18H17NO3S2. The second-order valence-corrected chi connectivity index (χ2v) is 6.80. The number of hydrogen-bond donors (Lipinski definition) is 1. The molecule has 0 bridgehead atoms. The van der Waals surface area contributed by atoms with Gasteiger partial charge in [0.25, 0.3) is 5.91 Å². The third-order valence-corrected chi connectivity index (χ3v) is 4.69. The Balaban J connectivity index is 2.19. The standard InChI is InChI=1S/C18H17NO3S2/c1-3-21-12-7-5-11-6-8-15(22-4-2)14(13(11)9-12)10-16-17(20)19-18(23)24-16/h5-10H,3-4H2,1-2H3,(H,19,20,23)/b16-10+. The molecule has 1 N–H and O–H groups in total. The predicted octanol–water partition coefficient (Wildman–Crippen LogP) is 4.13. The minimum Gasteiger partial charge on any atom is -0.494 e. The van der Waals surface area contributed by atoms with Gasteiger partial charge in [-0.3, -0.25) is 4.79 Å². The van der Waals surface area contributed by atoms with Crippen molar-refractivity contribution in [1.82, 2.24) is 5.32 Å². The highest BCUT2D eigenvalue weighted by molar-refractivity contribution is 8.26. The number of carbonyl (C=O) groups excluding carboxylic acids is 1. The molecule has 2 aromatic rings. The minimum atomic E-state index is -0.176. The zero-order valence-corrected chi connectivity index (χ0v) is 15.1. The number of thiocarbonyl (C=S) groups is 1. The lowest BCUT2D eigenvalue weighted by molar-refractivity contribution is -0.115. The molecule has 0 aliphatic carbocycles. The van der Waals surface area contributed by atoms with Crippen molar-refractivity contribution in [2.75, 3.05) is 13.2 Å². The third kappa shape index (κ3) is 3.39. The van der Waals surface area contributed by atoms with Crippen LogP contribution in [0.15, 0.2) is 35.2 Å². The van der Waals surface area contributed by atoms with E-state index in [0.29, 0.717) is 22.4 Å². The average molecular weight is 359 g/mol. The summed E-state index contributed by atoms with van der Waals surface area (Å²) in [7, 11) is 0. The number of carbonyl (C=O) groups is 1. The zero-order valence-electron chi connectivity index (χ0n) is 13.4. The van der Waals surface area contributed by atoms with E-state index in [-0.39, 0.29) is 5.91 Å². The van der Waals surface area contributed by atoms with E-state index in [0.717, 1.165) is 27.8 Å². The highest BCUT2D eigenvalue weighted by Gasteiger charge is 2.23. The molecule has 1 aliphatic heterocycles. The van der Waals surface area contributed by atoms with E-state index in [1.54, 1.807) is 0 Å². The molecular weight excluding hydrogens is 342 g/mol. The van der Waals surface area contributed by atoms with Crippen LogP contribution in [0.5, 0.6) is 11.5 Å². The molecule has 1 fully saturated rings. The fourth-order valence-electron chi connectivity index (χ4n) is 2.54. The molecule has 1 heterocycles. The molecule has 0 radical (unpaired) electrons. The lowest BCUT2D eigenvalue weighted by atomic mass is 10.0. The second kappa shape index (κ2) is 7.23. The highest BCUT2D eigenvalue weighted by atomic mass is 32.2. The maximum absolute atomic E-state index is 12.0. The first-order valence-electron chi connectivity index (χ1n) is 7.69. The number of fused-ring (bicyclic) bond motifs is 1. The molecule has 3 rings (SSSR count). The van der Waals surface area contributed by atoms with Gasteiger partial charge in [0.15, 0.2) is 0 Å². The number of rotatable bonds is 5. The van der Waals surface area contributed by atoms with E-state index in [9.17, 15) is 4.79 Å². The highest BCUT2D eigenvalue weighted by Crippen LogP contribution is 2.35. The van der Waals surface area contributed by atoms with Crippen molar-refractivity contribution in [2.45, 2.75) is 13.8 Å². The van der Waals surface area contributed by atoms with Gasteiger partial charge in [-0.1, -0.05) is 36.1 Å². The third-order valence-electron chi connectivity index (χ3n) is 3.52. The lowest BCUT2D eigenvalue weighted by Crippen LogP contribution is -2.17. The van der Waals surface area contributed by atoms with Crippen molar-refractivity contribution in [3.8, 4) is 11.5 Å². The van der Waals surface area contributed by atoms with Crippen molar-refractivity contribution in [1.29, 1.82) is 0 Å². The quantitative estimate of drug-likeness (QED) is 0.643. The summed E-state index contributed by atoms with van der Waals surface area (Å²) in [5.74, 6) is 1.35. The van der Waals surface area contributed by atoms with E-state index in [1.807, 2.05) is 50.3 Å². The summed E-state index contributed by atoms with van der Waals surface area (Å²) in [4.78, 5) is 12.6. The Hall–Kier alpha value is -2.05. The van der Waals surface area contributed by atoms with E-state index < -0.39 is 0 Å². The monoisotopic (exact) mass is 359 g/mol. The van der Waals surface area contributed by atoms with Gasteiger partial charge in [0.2, 0.25) is 0 Å². The van der Waals surface area contributed by atoms with Gasteiger partial charge >= 0.3 is 0 Å². The Morgan fingerprint density at radius 2 is 1.92 bits per heavy atom. The molecule has 0 saturated carbocycles. The van der Waals surface area contributed by atoms with E-state index in [1.165, 1.54) is 11.8 Å². The van der Waals surface area contributed by atoms with Gasteiger partial charge in [-0.05, 0) is 48.9 Å². The summed E-state index contributed by atoms with van der Waals surface area (Å²) in [6.45, 7) is 5.03. The number of ether oxygens (including phenoxy) is 2. The minimum absolute atomic E-state index is 0.176. The van der Waals surface area contributed by atoms with Crippen LogP contribution in [0.2, 0.25) is 0 Å². The van der Waals surface area contributed by atoms with E-state index in [2.05, 4.69) is 5.32 Å². The number of hydrogen-bond acceptors (Lipinski definition) is 5. The Bertz CT molecular complexity index is 840. The van der Waals surface area contributed by atoms with Gasteiger partial charge in [0.05, 0.1) is 18.1 Å². The smallest absolute Gasteiger partial charge is 0.263 e. The van der Waals surface area contributed by atoms with Crippen LogP contribution in [0.4, 0.5) is 0 Å². The topological polar surface area (TPSA) is 47.6 Å². The van der Waals surface area contributed by atoms with Gasteiger partial charge in [0.1, 0.15) is 15.8 Å². The van der Waals surface area contributed by atoms with Crippen LogP contribution in [0.25, 0.3) is 16.8 Å². The lowest BCUT2D eigenvalue weighted by Gasteiger charge is -2.12. The normalized spacial score (nSPS) is 15.8. The molecule has 0 atom stereocenters. The Morgan fingerprint density at radius 3 is 2.58 bits per heavy atom. The summed E-state index contributed by atoms with van der Waals surface area (Å²) in [6, 6.07) is 9.85. The van der Waals surface area contributed by atoms with Crippen LogP contribution in [-0.4, -0.2) is 23.4 Å². The van der Waals surface area contributed by atoms with Crippen molar-refractivity contribution >= 4 is 51.1 Å². The van der Waals surface area contributed by atoms with Gasteiger partial charge in [0, 0.05) is 5.56 Å². The maximum Gasteiger partial charge on any atom is 0.263 e. The molecule has 4 nitrogen and oxygen atoms in total. The first kappa shape index (κ1) is 16.8. The second-order valence-electron chi connectivity index (χ2n) is 5.08. The Labute approximate surface area is 150 Å². The number of benzene rings is 2. The molecule has 1 amide bonds. The molecule has 0 spiro atoms. The van der Waals surface area contributed by atoms with Crippen LogP contribution >= 0.6 is 24.0 Å². The van der Waals surface area contributed by atoms with Crippen LogP contribution < -0.4 is 14.8 Å². The maximum atomic E-state index is 12.0. The summed E-state index contributed by atoms with van der Waals surface area (Å²) in [5, 5.41) is 4.67. The van der Waals surface area contributed by atoms with E-state index >= 15 is 0 Å². The molecule has 0 aromatic heterocycles. The Morgan fingerprint density at radius 1 is 1.17 bits per heavy atom. The van der Waals surface area contributed by atoms with Crippen molar-refractivity contribution in [3.63, 3.8) is 0 Å². The SMILES string of the molecule is CCOc1ccc2ccc(OCC)c(/C=C3/SC(=S)NC3=O)c2c1. The molecule has 1 saturated heterocycles. The Kier molecular flexibility index (Phi) is 5.06. The largest absolute Gasteiger partial charge is 0.494 e. The summed E-state index contributed by atoms with van der Waals surface area (Å²) < 4.78 is 11.8. The van der Waals surface area contributed by atoms with Crippen molar-refractivity contribution in [3.05, 3.63) is 40.8 Å². The molecule has 2 aromatic carbocycles. The number of nitrogens with one attached hydrogen (secondary N) is 1. The van der Waals surface area contributed by atoms with Gasteiger partial charge in [-0.15, -0.1) is 0 Å². The molecule has 0 unspecified atom stereocenters.